The van der Waals surface area contributed by atoms with Gasteiger partial charge in [0.1, 0.15) is 0 Å². The summed E-state index contributed by atoms with van der Waals surface area (Å²) < 4.78 is 10.2. The van der Waals surface area contributed by atoms with Crippen molar-refractivity contribution in [1.29, 1.82) is 0 Å². The number of nitrogens with one attached hydrogen (secondary N) is 1. The molecule has 1 fully saturated rings. The molecule has 0 saturated carbocycles. The molecule has 20 heavy (non-hydrogen) atoms. The van der Waals surface area contributed by atoms with E-state index in [4.69, 9.17) is 9.47 Å². The summed E-state index contributed by atoms with van der Waals surface area (Å²) in [5.74, 6) is -0.798. The van der Waals surface area contributed by atoms with Crippen LogP contribution in [0.3, 0.4) is 0 Å². The number of carbonyl (C=O) groups excluding carboxylic acids is 2. The lowest BCUT2D eigenvalue weighted by atomic mass is 10.1. The van der Waals surface area contributed by atoms with E-state index in [9.17, 15) is 9.59 Å². The highest BCUT2D eigenvalue weighted by molar-refractivity contribution is 5.94. The van der Waals surface area contributed by atoms with Crippen LogP contribution in [0.1, 0.15) is 24.0 Å². The predicted octanol–water partition coefficient (Wildman–Crippen LogP) is 1.96. The SMILES string of the molecule is Cc1cccc(C)c1NC(=O)COC(=O)[C@@H]1CCCO1. The standard InChI is InChI=1S/C15H19NO4/c1-10-5-3-6-11(2)14(10)16-13(17)9-20-15(18)12-7-4-8-19-12/h3,5-6,12H,4,7-9H2,1-2H3,(H,16,17)/t12-/m0/s1. The van der Waals surface area contributed by atoms with Gasteiger partial charge in [-0.3, -0.25) is 4.79 Å². The molecule has 0 unspecified atom stereocenters. The Morgan fingerprint density at radius 1 is 1.35 bits per heavy atom. The lowest BCUT2D eigenvalue weighted by Gasteiger charge is -2.12. The number of esters is 1. The van der Waals surface area contributed by atoms with Gasteiger partial charge in [0.15, 0.2) is 12.7 Å². The van der Waals surface area contributed by atoms with Crippen molar-refractivity contribution in [3.05, 3.63) is 29.3 Å². The van der Waals surface area contributed by atoms with Crippen molar-refractivity contribution in [3.8, 4) is 0 Å². The predicted molar refractivity (Wildman–Crippen MR) is 74.5 cm³/mol. The largest absolute Gasteiger partial charge is 0.454 e. The van der Waals surface area contributed by atoms with Gasteiger partial charge in [0.05, 0.1) is 0 Å². The fraction of sp³-hybridized carbons (Fsp3) is 0.467. The molecule has 0 radical (unpaired) electrons. The van der Waals surface area contributed by atoms with Gasteiger partial charge in [-0.25, -0.2) is 4.79 Å². The second-order valence-electron chi connectivity index (χ2n) is 4.92. The molecule has 0 spiro atoms. The van der Waals surface area contributed by atoms with Crippen molar-refractivity contribution >= 4 is 17.6 Å². The van der Waals surface area contributed by atoms with Crippen molar-refractivity contribution in [3.63, 3.8) is 0 Å². The number of benzene rings is 1. The summed E-state index contributed by atoms with van der Waals surface area (Å²) in [6.07, 6.45) is 1.01. The molecule has 1 saturated heterocycles. The first kappa shape index (κ1) is 14.5. The number of anilines is 1. The molecule has 1 N–H and O–H groups in total. The molecule has 1 heterocycles. The Morgan fingerprint density at radius 2 is 2.05 bits per heavy atom. The maximum Gasteiger partial charge on any atom is 0.335 e. The lowest BCUT2D eigenvalue weighted by Crippen LogP contribution is -2.27. The number of aryl methyl sites for hydroxylation is 2. The molecule has 1 aromatic rings. The Hall–Kier alpha value is -1.88. The van der Waals surface area contributed by atoms with E-state index in [0.717, 1.165) is 23.2 Å². The highest BCUT2D eigenvalue weighted by Gasteiger charge is 2.25. The van der Waals surface area contributed by atoms with E-state index < -0.39 is 12.1 Å². The van der Waals surface area contributed by atoms with Crippen molar-refractivity contribution < 1.29 is 19.1 Å². The Kier molecular flexibility index (Phi) is 4.74. The average Bonchev–Trinajstić information content (AvgIpc) is 2.94. The summed E-state index contributed by atoms with van der Waals surface area (Å²) in [6.45, 7) is 4.13. The van der Waals surface area contributed by atoms with Crippen LogP contribution in [0.5, 0.6) is 0 Å². The number of rotatable bonds is 4. The minimum absolute atomic E-state index is 0.285. The molecule has 5 heteroatoms. The van der Waals surface area contributed by atoms with Crippen LogP contribution in [0.4, 0.5) is 5.69 Å². The molecule has 0 bridgehead atoms. The van der Waals surface area contributed by atoms with Gasteiger partial charge in [-0.15, -0.1) is 0 Å². The minimum Gasteiger partial charge on any atom is -0.454 e. The van der Waals surface area contributed by atoms with Gasteiger partial charge in [0.2, 0.25) is 0 Å². The van der Waals surface area contributed by atoms with Crippen LogP contribution in [0.25, 0.3) is 0 Å². The zero-order valence-corrected chi connectivity index (χ0v) is 11.8. The number of carbonyl (C=O) groups is 2. The summed E-state index contributed by atoms with van der Waals surface area (Å²) in [6, 6.07) is 5.76. The van der Waals surface area contributed by atoms with Crippen molar-refractivity contribution in [2.75, 3.05) is 18.5 Å². The van der Waals surface area contributed by atoms with Gasteiger partial charge in [-0.05, 0) is 37.8 Å². The van der Waals surface area contributed by atoms with E-state index >= 15 is 0 Å². The molecule has 1 aliphatic heterocycles. The van der Waals surface area contributed by atoms with E-state index in [0.29, 0.717) is 13.0 Å². The first-order valence-electron chi connectivity index (χ1n) is 6.72. The first-order chi connectivity index (χ1) is 9.58. The molecule has 2 rings (SSSR count). The van der Waals surface area contributed by atoms with Crippen molar-refractivity contribution in [1.82, 2.24) is 0 Å². The Balaban J connectivity index is 1.85. The summed E-state index contributed by atoms with van der Waals surface area (Å²) in [4.78, 5) is 23.4. The second kappa shape index (κ2) is 6.52. The van der Waals surface area contributed by atoms with Crippen LogP contribution < -0.4 is 5.32 Å². The highest BCUT2D eigenvalue weighted by atomic mass is 16.6. The van der Waals surface area contributed by atoms with Gasteiger partial charge in [0.25, 0.3) is 5.91 Å². The third kappa shape index (κ3) is 3.57. The molecule has 1 amide bonds. The number of ether oxygens (including phenoxy) is 2. The number of para-hydroxylation sites is 1. The van der Waals surface area contributed by atoms with Crippen LogP contribution >= 0.6 is 0 Å². The molecule has 0 aromatic heterocycles. The zero-order chi connectivity index (χ0) is 14.5. The minimum atomic E-state index is -0.511. The Labute approximate surface area is 118 Å². The van der Waals surface area contributed by atoms with Gasteiger partial charge in [-0.2, -0.15) is 0 Å². The summed E-state index contributed by atoms with van der Waals surface area (Å²) in [7, 11) is 0. The molecule has 0 aliphatic carbocycles. The monoisotopic (exact) mass is 277 g/mol. The third-order valence-corrected chi connectivity index (χ3v) is 3.28. The van der Waals surface area contributed by atoms with E-state index in [1.54, 1.807) is 0 Å². The number of amides is 1. The normalized spacial score (nSPS) is 17.8. The smallest absolute Gasteiger partial charge is 0.335 e. The molecular formula is C15H19NO4. The Morgan fingerprint density at radius 3 is 2.65 bits per heavy atom. The van der Waals surface area contributed by atoms with Crippen LogP contribution in [-0.4, -0.2) is 31.2 Å². The maximum absolute atomic E-state index is 11.8. The van der Waals surface area contributed by atoms with Gasteiger partial charge < -0.3 is 14.8 Å². The summed E-state index contributed by atoms with van der Waals surface area (Å²) in [5.41, 5.74) is 2.72. The van der Waals surface area contributed by atoms with Crippen molar-refractivity contribution in [2.24, 2.45) is 0 Å². The molecule has 1 atom stereocenters. The van der Waals surface area contributed by atoms with E-state index in [1.165, 1.54) is 0 Å². The average molecular weight is 277 g/mol. The number of hydrogen-bond donors (Lipinski definition) is 1. The second-order valence-corrected chi connectivity index (χ2v) is 4.92. The molecular weight excluding hydrogens is 258 g/mol. The van der Waals surface area contributed by atoms with Gasteiger partial charge in [0, 0.05) is 12.3 Å². The van der Waals surface area contributed by atoms with Crippen LogP contribution in [0.2, 0.25) is 0 Å². The summed E-state index contributed by atoms with van der Waals surface area (Å²) in [5, 5.41) is 2.77. The molecule has 5 nitrogen and oxygen atoms in total. The zero-order valence-electron chi connectivity index (χ0n) is 11.8. The summed E-state index contributed by atoms with van der Waals surface area (Å²) >= 11 is 0. The maximum atomic E-state index is 11.8. The fourth-order valence-electron chi connectivity index (χ4n) is 2.18. The van der Waals surface area contributed by atoms with Crippen molar-refractivity contribution in [2.45, 2.75) is 32.8 Å². The lowest BCUT2D eigenvalue weighted by molar-refractivity contribution is -0.156. The van der Waals surface area contributed by atoms with E-state index in [1.807, 2.05) is 32.0 Å². The molecule has 108 valence electrons. The highest BCUT2D eigenvalue weighted by Crippen LogP contribution is 2.19. The quantitative estimate of drug-likeness (QED) is 0.854. The van der Waals surface area contributed by atoms with E-state index in [-0.39, 0.29) is 12.5 Å². The Bertz CT molecular complexity index is 486. The van der Waals surface area contributed by atoms with E-state index in [2.05, 4.69) is 5.32 Å². The van der Waals surface area contributed by atoms with Crippen LogP contribution in [0.15, 0.2) is 18.2 Å². The fourth-order valence-corrected chi connectivity index (χ4v) is 2.18. The molecule has 1 aliphatic rings. The van der Waals surface area contributed by atoms with Gasteiger partial charge >= 0.3 is 5.97 Å². The topological polar surface area (TPSA) is 64.6 Å². The van der Waals surface area contributed by atoms with Gasteiger partial charge in [-0.1, -0.05) is 18.2 Å². The third-order valence-electron chi connectivity index (χ3n) is 3.28. The van der Waals surface area contributed by atoms with Crippen LogP contribution in [-0.2, 0) is 19.1 Å². The van der Waals surface area contributed by atoms with Crippen LogP contribution in [0, 0.1) is 13.8 Å². The number of hydrogen-bond acceptors (Lipinski definition) is 4. The molecule has 1 aromatic carbocycles. The first-order valence-corrected chi connectivity index (χ1v) is 6.72.